The minimum absolute atomic E-state index is 0.0297. The maximum absolute atomic E-state index is 12.7. The first-order valence-electron chi connectivity index (χ1n) is 11.5. The summed E-state index contributed by atoms with van der Waals surface area (Å²) in [6, 6.07) is 16.2. The van der Waals surface area contributed by atoms with Gasteiger partial charge in [-0.2, -0.15) is 0 Å². The summed E-state index contributed by atoms with van der Waals surface area (Å²) >= 11 is 6.07. The summed E-state index contributed by atoms with van der Waals surface area (Å²) < 4.78 is 54.0. The molecule has 3 aromatic rings. The van der Waals surface area contributed by atoms with Crippen LogP contribution in [0.4, 0.5) is 17.1 Å². The SMILES string of the molecule is Cc1ccc(N(CCCC(=O)Nc2ccc(S(=O)(=O)Nc3cccc(Cl)c3C)cc2)S(C)(=O)=O)cc1C. The van der Waals surface area contributed by atoms with E-state index < -0.39 is 20.0 Å². The highest BCUT2D eigenvalue weighted by molar-refractivity contribution is 7.92. The third-order valence-electron chi connectivity index (χ3n) is 5.90. The van der Waals surface area contributed by atoms with Crippen molar-refractivity contribution in [3.05, 3.63) is 82.4 Å². The van der Waals surface area contributed by atoms with Crippen LogP contribution in [0.25, 0.3) is 0 Å². The Labute approximate surface area is 223 Å². The Morgan fingerprint density at radius 3 is 2.22 bits per heavy atom. The average Bonchev–Trinajstić information content (AvgIpc) is 2.81. The molecular weight excluding hydrogens is 534 g/mol. The van der Waals surface area contributed by atoms with Crippen molar-refractivity contribution in [1.82, 2.24) is 0 Å². The van der Waals surface area contributed by atoms with Crippen molar-refractivity contribution in [2.24, 2.45) is 0 Å². The van der Waals surface area contributed by atoms with Gasteiger partial charge >= 0.3 is 0 Å². The third-order valence-corrected chi connectivity index (χ3v) is 8.89. The van der Waals surface area contributed by atoms with Crippen LogP contribution < -0.4 is 14.3 Å². The molecule has 0 saturated carbocycles. The smallest absolute Gasteiger partial charge is 0.261 e. The number of aryl methyl sites for hydroxylation is 2. The van der Waals surface area contributed by atoms with Crippen molar-refractivity contribution in [1.29, 1.82) is 0 Å². The molecule has 2 N–H and O–H groups in total. The topological polar surface area (TPSA) is 113 Å². The molecule has 0 aliphatic rings. The average molecular weight is 564 g/mol. The number of benzene rings is 3. The van der Waals surface area contributed by atoms with E-state index in [4.69, 9.17) is 11.6 Å². The number of nitrogens with zero attached hydrogens (tertiary/aromatic N) is 1. The normalized spacial score (nSPS) is 11.7. The Morgan fingerprint density at radius 2 is 1.59 bits per heavy atom. The summed E-state index contributed by atoms with van der Waals surface area (Å²) in [5.41, 5.74) is 4.02. The fraction of sp³-hybridized carbons (Fsp3) is 0.269. The Balaban J connectivity index is 1.60. The molecule has 8 nitrogen and oxygen atoms in total. The third kappa shape index (κ3) is 7.47. The summed E-state index contributed by atoms with van der Waals surface area (Å²) in [5, 5.41) is 3.17. The number of carbonyl (C=O) groups is 1. The fourth-order valence-corrected chi connectivity index (χ4v) is 5.87. The van der Waals surface area contributed by atoms with Gasteiger partial charge < -0.3 is 5.32 Å². The van der Waals surface area contributed by atoms with Crippen molar-refractivity contribution in [2.75, 3.05) is 27.1 Å². The van der Waals surface area contributed by atoms with Crippen molar-refractivity contribution in [3.8, 4) is 0 Å². The van der Waals surface area contributed by atoms with Gasteiger partial charge in [0.15, 0.2) is 0 Å². The van der Waals surface area contributed by atoms with Crippen LogP contribution in [0.5, 0.6) is 0 Å². The minimum Gasteiger partial charge on any atom is -0.326 e. The van der Waals surface area contributed by atoms with E-state index in [1.165, 1.54) is 28.6 Å². The zero-order valence-electron chi connectivity index (χ0n) is 21.1. The van der Waals surface area contributed by atoms with Crippen LogP contribution in [-0.2, 0) is 24.8 Å². The van der Waals surface area contributed by atoms with Crippen LogP contribution in [0.2, 0.25) is 5.02 Å². The molecule has 0 atom stereocenters. The molecule has 0 aliphatic carbocycles. The molecular formula is C26H30ClN3O5S2. The first-order chi connectivity index (χ1) is 17.3. The van der Waals surface area contributed by atoms with Gasteiger partial charge in [-0.3, -0.25) is 13.8 Å². The van der Waals surface area contributed by atoms with Crippen LogP contribution in [-0.4, -0.2) is 35.5 Å². The first kappa shape index (κ1) is 28.5. The molecule has 0 heterocycles. The second kappa shape index (κ2) is 11.5. The predicted molar refractivity (Wildman–Crippen MR) is 149 cm³/mol. The van der Waals surface area contributed by atoms with Crippen LogP contribution in [0.15, 0.2) is 65.6 Å². The van der Waals surface area contributed by atoms with Gasteiger partial charge in [-0.1, -0.05) is 23.7 Å². The zero-order chi connectivity index (χ0) is 27.4. The van der Waals surface area contributed by atoms with Crippen molar-refractivity contribution in [2.45, 2.75) is 38.5 Å². The van der Waals surface area contributed by atoms with Crippen molar-refractivity contribution < 1.29 is 21.6 Å². The molecule has 0 unspecified atom stereocenters. The zero-order valence-corrected chi connectivity index (χ0v) is 23.5. The molecule has 1 amide bonds. The lowest BCUT2D eigenvalue weighted by molar-refractivity contribution is -0.116. The van der Waals surface area contributed by atoms with Crippen LogP contribution >= 0.6 is 11.6 Å². The van der Waals surface area contributed by atoms with Gasteiger partial charge in [-0.15, -0.1) is 0 Å². The highest BCUT2D eigenvalue weighted by Crippen LogP contribution is 2.26. The van der Waals surface area contributed by atoms with E-state index in [0.29, 0.717) is 34.1 Å². The number of sulfonamides is 2. The summed E-state index contributed by atoms with van der Waals surface area (Å²) in [7, 11) is -7.37. The summed E-state index contributed by atoms with van der Waals surface area (Å²) in [4.78, 5) is 12.5. The van der Waals surface area contributed by atoms with E-state index in [1.807, 2.05) is 26.0 Å². The van der Waals surface area contributed by atoms with Gasteiger partial charge in [-0.25, -0.2) is 16.8 Å². The van der Waals surface area contributed by atoms with Crippen LogP contribution in [0, 0.1) is 20.8 Å². The highest BCUT2D eigenvalue weighted by atomic mass is 35.5. The molecule has 0 spiro atoms. The fourth-order valence-electron chi connectivity index (χ4n) is 3.61. The lowest BCUT2D eigenvalue weighted by atomic mass is 10.1. The van der Waals surface area contributed by atoms with E-state index in [-0.39, 0.29) is 23.8 Å². The number of hydrogen-bond donors (Lipinski definition) is 2. The van der Waals surface area contributed by atoms with Gasteiger partial charge in [0.25, 0.3) is 10.0 Å². The monoisotopic (exact) mass is 563 g/mol. The van der Waals surface area contributed by atoms with E-state index >= 15 is 0 Å². The molecule has 0 bridgehead atoms. The number of hydrogen-bond acceptors (Lipinski definition) is 5. The quantitative estimate of drug-likeness (QED) is 0.350. The van der Waals surface area contributed by atoms with Crippen molar-refractivity contribution >= 4 is 54.6 Å². The van der Waals surface area contributed by atoms with Gasteiger partial charge in [0.05, 0.1) is 22.5 Å². The number of rotatable bonds is 10. The molecule has 3 rings (SSSR count). The highest BCUT2D eigenvalue weighted by Gasteiger charge is 2.19. The number of halogens is 1. The number of nitrogens with one attached hydrogen (secondary N) is 2. The number of amides is 1. The van der Waals surface area contributed by atoms with E-state index in [0.717, 1.165) is 17.4 Å². The van der Waals surface area contributed by atoms with Crippen molar-refractivity contribution in [3.63, 3.8) is 0 Å². The second-order valence-corrected chi connectivity index (χ2v) is 12.8. The van der Waals surface area contributed by atoms with E-state index in [2.05, 4.69) is 10.0 Å². The largest absolute Gasteiger partial charge is 0.326 e. The van der Waals surface area contributed by atoms with Crippen LogP contribution in [0.1, 0.15) is 29.5 Å². The van der Waals surface area contributed by atoms with Gasteiger partial charge in [0.2, 0.25) is 15.9 Å². The molecule has 11 heteroatoms. The molecule has 198 valence electrons. The number of anilines is 3. The molecule has 0 aromatic heterocycles. The number of carbonyl (C=O) groups excluding carboxylic acids is 1. The molecule has 0 saturated heterocycles. The van der Waals surface area contributed by atoms with Crippen LogP contribution in [0.3, 0.4) is 0 Å². The summed E-state index contributed by atoms with van der Waals surface area (Å²) in [6.07, 6.45) is 1.54. The van der Waals surface area contributed by atoms with Gasteiger partial charge in [0.1, 0.15) is 0 Å². The maximum Gasteiger partial charge on any atom is 0.261 e. The van der Waals surface area contributed by atoms with Gasteiger partial charge in [0, 0.05) is 23.7 Å². The molecule has 0 aliphatic heterocycles. The van der Waals surface area contributed by atoms with E-state index in [9.17, 15) is 21.6 Å². The first-order valence-corrected chi connectivity index (χ1v) is 15.2. The second-order valence-electron chi connectivity index (χ2n) is 8.80. The summed E-state index contributed by atoms with van der Waals surface area (Å²) in [5.74, 6) is -0.308. The molecule has 0 radical (unpaired) electrons. The summed E-state index contributed by atoms with van der Waals surface area (Å²) in [6.45, 7) is 5.74. The Morgan fingerprint density at radius 1 is 0.919 bits per heavy atom. The van der Waals surface area contributed by atoms with E-state index in [1.54, 1.807) is 31.2 Å². The lowest BCUT2D eigenvalue weighted by Crippen LogP contribution is -2.31. The minimum atomic E-state index is -3.85. The molecule has 37 heavy (non-hydrogen) atoms. The molecule has 3 aromatic carbocycles. The predicted octanol–water partition coefficient (Wildman–Crippen LogP) is 5.25. The Hall–Kier alpha value is -3.08. The maximum atomic E-state index is 12.7. The van der Waals surface area contributed by atoms with Gasteiger partial charge in [-0.05, 0) is 92.4 Å². The lowest BCUT2D eigenvalue weighted by Gasteiger charge is -2.23. The standard InChI is InChI=1S/C26H30ClN3O5S2/c1-18-10-13-22(17-19(18)2)30(36(4,32)33)16-6-9-26(31)28-21-11-14-23(15-12-21)37(34,35)29-25-8-5-7-24(27)20(25)3/h5,7-8,10-15,17,29H,6,9,16H2,1-4H3,(H,28,31). The molecule has 0 fully saturated rings. The Kier molecular flexibility index (Phi) is 8.88. The Bertz CT molecular complexity index is 1510.